The first-order valence-corrected chi connectivity index (χ1v) is 7.07. The van der Waals surface area contributed by atoms with E-state index < -0.39 is 31.1 Å². The van der Waals surface area contributed by atoms with Crippen LogP contribution in [0, 0.1) is 0 Å². The summed E-state index contributed by atoms with van der Waals surface area (Å²) in [6.45, 7) is 0.904. The molecule has 0 unspecified atom stereocenters. The molecule has 0 aromatic rings. The van der Waals surface area contributed by atoms with E-state index in [0.29, 0.717) is 6.42 Å². The van der Waals surface area contributed by atoms with E-state index in [1.165, 1.54) is 25.7 Å². The average Bonchev–Trinajstić information content (AvgIpc) is 2.37. The fraction of sp³-hybridized carbons (Fsp3) is 0.786. The Balaban J connectivity index is 0. The molecule has 0 bridgehead atoms. The van der Waals surface area contributed by atoms with Gasteiger partial charge in [-0.1, -0.05) is 45.4 Å². The molecule has 0 heterocycles. The van der Waals surface area contributed by atoms with Crippen LogP contribution in [0.3, 0.4) is 0 Å². The van der Waals surface area contributed by atoms with Crippen LogP contribution in [-0.4, -0.2) is 31.1 Å². The normalized spacial score (nSPS) is 9.76. The summed E-state index contributed by atoms with van der Waals surface area (Å²) < 4.78 is 8.91. The maximum absolute atomic E-state index is 11.3. The van der Waals surface area contributed by atoms with E-state index in [1.807, 2.05) is 0 Å². The third-order valence-corrected chi connectivity index (χ3v) is 2.65. The summed E-state index contributed by atoms with van der Waals surface area (Å²) in [6.07, 6.45) is 7.73. The second-order valence-corrected chi connectivity index (χ2v) is 4.58. The van der Waals surface area contributed by atoms with Gasteiger partial charge < -0.3 is 19.4 Å². The number of carbonyl (C=O) groups is 3. The molecular weight excluding hydrogens is 287 g/mol. The van der Waals surface area contributed by atoms with Crippen LogP contribution >= 0.6 is 0 Å². The van der Waals surface area contributed by atoms with Crippen LogP contribution in [0.2, 0.25) is 0 Å². The van der Waals surface area contributed by atoms with Crippen molar-refractivity contribution in [3.8, 4) is 0 Å². The van der Waals surface area contributed by atoms with Gasteiger partial charge in [0.25, 0.3) is 0 Å². The van der Waals surface area contributed by atoms with Gasteiger partial charge >= 0.3 is 41.5 Å². The molecule has 0 amide bonds. The summed E-state index contributed by atoms with van der Waals surface area (Å²) in [5.41, 5.74) is 0. The Morgan fingerprint density at radius 1 is 0.857 bits per heavy atom. The van der Waals surface area contributed by atoms with Crippen molar-refractivity contribution >= 4 is 17.9 Å². The maximum atomic E-state index is 11.3. The molecule has 21 heavy (non-hydrogen) atoms. The quantitative estimate of drug-likeness (QED) is 0.179. The average molecular weight is 310 g/mol. The van der Waals surface area contributed by atoms with Gasteiger partial charge in [0.1, 0.15) is 6.61 Å². The van der Waals surface area contributed by atoms with Gasteiger partial charge in [0.15, 0.2) is 0 Å². The number of carbonyl (C=O) groups excluding carboxylic acids is 3. The van der Waals surface area contributed by atoms with Gasteiger partial charge in [-0.3, -0.25) is 4.79 Å². The smallest absolute Gasteiger partial charge is 0.548 e. The Kier molecular flexibility index (Phi) is 17.4. The first kappa shape index (κ1) is 22.8. The zero-order valence-electron chi connectivity index (χ0n) is 13.0. The second kappa shape index (κ2) is 15.9. The zero-order valence-corrected chi connectivity index (χ0v) is 15.0. The van der Waals surface area contributed by atoms with E-state index in [1.54, 1.807) is 0 Å². The zero-order chi connectivity index (χ0) is 15.2. The van der Waals surface area contributed by atoms with Crippen LogP contribution in [0.5, 0.6) is 0 Å². The largest absolute Gasteiger partial charge is 1.00 e. The summed E-state index contributed by atoms with van der Waals surface area (Å²) in [7, 11) is 0. The molecule has 0 spiro atoms. The van der Waals surface area contributed by atoms with Crippen molar-refractivity contribution in [2.24, 2.45) is 0 Å². The molecule has 0 atom stereocenters. The number of aliphatic carboxylic acids is 1. The molecule has 0 saturated carbocycles. The van der Waals surface area contributed by atoms with Gasteiger partial charge in [-0.05, 0) is 6.42 Å². The van der Waals surface area contributed by atoms with Gasteiger partial charge in [0.05, 0.1) is 12.6 Å². The van der Waals surface area contributed by atoms with Gasteiger partial charge in [0, 0.05) is 6.42 Å². The van der Waals surface area contributed by atoms with Crippen molar-refractivity contribution in [1.29, 1.82) is 0 Å². The number of hydrogen-bond acceptors (Lipinski definition) is 6. The molecule has 0 aromatic heterocycles. The summed E-state index contributed by atoms with van der Waals surface area (Å²) in [6, 6.07) is 0. The molecule has 0 rings (SSSR count). The van der Waals surface area contributed by atoms with Crippen molar-refractivity contribution in [3.63, 3.8) is 0 Å². The molecular formula is C14H23NaO6. The standard InChI is InChI=1S/C14H24O6.Na/c1-2-3-4-5-6-7-8-9-13(17)20-14(18)11-19-10-12(15)16;/h2-11H2,1H3,(H,15,16);/q;+1/p-1. The monoisotopic (exact) mass is 310 g/mol. The van der Waals surface area contributed by atoms with E-state index in [-0.39, 0.29) is 36.0 Å². The van der Waals surface area contributed by atoms with Crippen LogP contribution in [0.1, 0.15) is 58.3 Å². The predicted octanol–water partition coefficient (Wildman–Crippen LogP) is -2.03. The maximum Gasteiger partial charge on any atom is 1.00 e. The van der Waals surface area contributed by atoms with E-state index in [4.69, 9.17) is 0 Å². The molecule has 0 aliphatic carbocycles. The number of hydrogen-bond donors (Lipinski definition) is 0. The molecule has 0 fully saturated rings. The Labute approximate surface area is 147 Å². The van der Waals surface area contributed by atoms with Crippen LogP contribution in [0.25, 0.3) is 0 Å². The van der Waals surface area contributed by atoms with Crippen molar-refractivity contribution < 1.29 is 58.5 Å². The van der Waals surface area contributed by atoms with E-state index in [0.717, 1.165) is 12.8 Å². The molecule has 0 aromatic carbocycles. The Morgan fingerprint density at radius 3 is 2.00 bits per heavy atom. The third-order valence-electron chi connectivity index (χ3n) is 2.65. The molecule has 0 N–H and O–H groups in total. The number of esters is 2. The second-order valence-electron chi connectivity index (χ2n) is 4.58. The number of unbranched alkanes of at least 4 members (excludes halogenated alkanes) is 6. The van der Waals surface area contributed by atoms with Crippen LogP contribution in [0.15, 0.2) is 0 Å². The third kappa shape index (κ3) is 17.5. The van der Waals surface area contributed by atoms with Gasteiger partial charge in [0.2, 0.25) is 0 Å². The number of carboxylic acids is 1. The van der Waals surface area contributed by atoms with Crippen LogP contribution < -0.4 is 34.7 Å². The first-order chi connectivity index (χ1) is 9.56. The van der Waals surface area contributed by atoms with Gasteiger partial charge in [-0.25, -0.2) is 4.79 Å². The van der Waals surface area contributed by atoms with Crippen LogP contribution in [0.4, 0.5) is 0 Å². The summed E-state index contributed by atoms with van der Waals surface area (Å²) in [5.74, 6) is -2.90. The Hall–Kier alpha value is -0.430. The molecule has 6 nitrogen and oxygen atoms in total. The minimum absolute atomic E-state index is 0. The van der Waals surface area contributed by atoms with Crippen LogP contribution in [-0.2, 0) is 23.9 Å². The number of rotatable bonds is 12. The molecule has 0 radical (unpaired) electrons. The Bertz CT molecular complexity index is 306. The predicted molar refractivity (Wildman–Crippen MR) is 69.5 cm³/mol. The van der Waals surface area contributed by atoms with Gasteiger partial charge in [-0.15, -0.1) is 0 Å². The topological polar surface area (TPSA) is 92.7 Å². The van der Waals surface area contributed by atoms with Crippen molar-refractivity contribution in [3.05, 3.63) is 0 Å². The first-order valence-electron chi connectivity index (χ1n) is 7.07. The van der Waals surface area contributed by atoms with E-state index in [9.17, 15) is 19.5 Å². The SMILES string of the molecule is CCCCCCCCCC(=O)OC(=O)COCC(=O)[O-].[Na+]. The van der Waals surface area contributed by atoms with E-state index >= 15 is 0 Å². The molecule has 0 saturated heterocycles. The summed E-state index contributed by atoms with van der Waals surface area (Å²) in [4.78, 5) is 32.3. The number of carboxylic acid groups (broad SMARTS) is 1. The fourth-order valence-electron chi connectivity index (χ4n) is 1.65. The minimum atomic E-state index is -1.42. The van der Waals surface area contributed by atoms with Gasteiger partial charge in [-0.2, -0.15) is 0 Å². The summed E-state index contributed by atoms with van der Waals surface area (Å²) in [5, 5.41) is 10.0. The fourth-order valence-corrected chi connectivity index (χ4v) is 1.65. The summed E-state index contributed by atoms with van der Waals surface area (Å²) >= 11 is 0. The van der Waals surface area contributed by atoms with Crippen molar-refractivity contribution in [1.82, 2.24) is 0 Å². The Morgan fingerprint density at radius 2 is 1.43 bits per heavy atom. The molecule has 7 heteroatoms. The van der Waals surface area contributed by atoms with Crippen molar-refractivity contribution in [2.45, 2.75) is 58.3 Å². The number of ether oxygens (including phenoxy) is 2. The van der Waals surface area contributed by atoms with E-state index in [2.05, 4.69) is 16.4 Å². The van der Waals surface area contributed by atoms with Crippen molar-refractivity contribution in [2.75, 3.05) is 13.2 Å². The minimum Gasteiger partial charge on any atom is -0.548 e. The molecule has 0 aliphatic rings. The molecule has 0 aliphatic heterocycles. The molecule has 116 valence electrons.